The van der Waals surface area contributed by atoms with Crippen molar-refractivity contribution in [1.82, 2.24) is 0 Å². The Morgan fingerprint density at radius 3 is 2.12 bits per heavy atom. The summed E-state index contributed by atoms with van der Waals surface area (Å²) in [6, 6.07) is 5.66. The number of rotatable bonds is 14. The van der Waals surface area contributed by atoms with Gasteiger partial charge >= 0.3 is 16.4 Å². The van der Waals surface area contributed by atoms with Crippen molar-refractivity contribution in [3.63, 3.8) is 0 Å². The van der Waals surface area contributed by atoms with Crippen molar-refractivity contribution in [2.75, 3.05) is 30.3 Å². The van der Waals surface area contributed by atoms with Crippen LogP contribution in [0.1, 0.15) is 32.6 Å². The van der Waals surface area contributed by atoms with E-state index in [1.54, 1.807) is 6.92 Å². The van der Waals surface area contributed by atoms with Gasteiger partial charge in [0.1, 0.15) is 11.1 Å². The number of aromatic carboxylic acids is 1. The van der Waals surface area contributed by atoms with Gasteiger partial charge < -0.3 is 19.5 Å². The van der Waals surface area contributed by atoms with Gasteiger partial charge in [0.2, 0.25) is 10.9 Å². The highest BCUT2D eigenvalue weighted by Gasteiger charge is 2.21. The van der Waals surface area contributed by atoms with E-state index >= 15 is 0 Å². The Bertz CT molecular complexity index is 2280. The van der Waals surface area contributed by atoms with Gasteiger partial charge in [-0.05, 0) is 54.8 Å². The highest BCUT2D eigenvalue weighted by molar-refractivity contribution is 7.91. The summed E-state index contributed by atoms with van der Waals surface area (Å²) < 4.78 is 85.9. The maximum Gasteiger partial charge on any atom is 0.397 e. The van der Waals surface area contributed by atoms with Gasteiger partial charge in [-0.2, -0.15) is 18.6 Å². The molecular weight excluding hydrogens is 701 g/mol. The molecule has 0 spiro atoms. The molecule has 0 aliphatic rings. The molecule has 0 aliphatic carbocycles. The number of carboxylic acids is 1. The third-order valence-corrected chi connectivity index (χ3v) is 9.47. The van der Waals surface area contributed by atoms with E-state index in [1.807, 2.05) is 0 Å². The zero-order valence-corrected chi connectivity index (χ0v) is 27.7. The molecule has 0 heterocycles. The third kappa shape index (κ3) is 8.83. The molecule has 0 aromatic heterocycles. The number of benzene rings is 3. The van der Waals surface area contributed by atoms with E-state index in [9.17, 15) is 50.2 Å². The molecule has 0 aliphatic heterocycles. The number of hydrogen-bond acceptors (Lipinski definition) is 15. The number of ether oxygens (including phenoxy) is 1. The zero-order valence-electron chi connectivity index (χ0n) is 25.2. The van der Waals surface area contributed by atoms with Crippen LogP contribution in [0.2, 0.25) is 0 Å². The van der Waals surface area contributed by atoms with Gasteiger partial charge in [-0.25, -0.2) is 21.6 Å². The van der Waals surface area contributed by atoms with E-state index in [0.717, 1.165) is 6.07 Å². The molecule has 1 atom stereocenters. The number of aliphatic hydroxyl groups is 1. The Balaban J connectivity index is 2.10. The van der Waals surface area contributed by atoms with Crippen molar-refractivity contribution in [2.24, 2.45) is 10.2 Å². The normalized spacial score (nSPS) is 13.3. The Hall–Kier alpha value is -4.64. The van der Waals surface area contributed by atoms with E-state index in [4.69, 9.17) is 9.29 Å². The molecule has 3 aromatic carbocycles. The quantitative estimate of drug-likeness (QED) is 0.0708. The fraction of sp³-hybridized carbons (Fsp3) is 0.222. The minimum atomic E-state index is -4.89. The second-order valence-corrected chi connectivity index (χ2v) is 13.9. The Kier molecular flexibility index (Phi) is 11.9. The maximum absolute atomic E-state index is 13.3. The number of carboxylic acid groups (broad SMARTS) is 1. The molecule has 18 nitrogen and oxygen atoms in total. The number of carbonyl (C=O) groups is 1. The largest absolute Gasteiger partial charge is 0.494 e. The summed E-state index contributed by atoms with van der Waals surface area (Å²) in [6.07, 6.45) is 0. The average molecular weight is 729 g/mol. The predicted molar refractivity (Wildman–Crippen MR) is 171 cm³/mol. The van der Waals surface area contributed by atoms with Crippen molar-refractivity contribution in [1.29, 1.82) is 0 Å². The van der Waals surface area contributed by atoms with Crippen LogP contribution in [0.25, 0.3) is 4.91 Å². The molecule has 6 N–H and O–H groups in total. The minimum absolute atomic E-state index is 0.0495. The van der Waals surface area contributed by atoms with Crippen LogP contribution in [0.5, 0.6) is 5.75 Å². The lowest BCUT2D eigenvalue weighted by atomic mass is 10.1. The van der Waals surface area contributed by atoms with Gasteiger partial charge in [0, 0.05) is 11.6 Å². The lowest BCUT2D eigenvalue weighted by molar-refractivity contribution is 0.0694. The van der Waals surface area contributed by atoms with Crippen LogP contribution in [0, 0.1) is 13.8 Å². The van der Waals surface area contributed by atoms with Gasteiger partial charge in [0.25, 0.3) is 0 Å². The predicted octanol–water partition coefficient (Wildman–Crippen LogP) is -0.260. The van der Waals surface area contributed by atoms with E-state index in [0.29, 0.717) is 11.6 Å². The molecular formula is C27H28N4O14S3. The molecule has 0 radical (unpaired) electrons. The molecule has 48 heavy (non-hydrogen) atoms. The van der Waals surface area contributed by atoms with Gasteiger partial charge in [0.05, 0.1) is 52.8 Å². The second-order valence-electron chi connectivity index (χ2n) is 9.74. The zero-order chi connectivity index (χ0) is 36.1. The van der Waals surface area contributed by atoms with Gasteiger partial charge in [-0.3, -0.25) is 25.0 Å². The van der Waals surface area contributed by atoms with Crippen molar-refractivity contribution in [3.05, 3.63) is 95.9 Å². The van der Waals surface area contributed by atoms with Crippen LogP contribution in [0.15, 0.2) is 61.6 Å². The molecule has 21 heteroatoms. The van der Waals surface area contributed by atoms with E-state index in [-0.39, 0.29) is 43.6 Å². The molecule has 0 fully saturated rings. The Morgan fingerprint density at radius 1 is 0.958 bits per heavy atom. The lowest BCUT2D eigenvalue weighted by Gasteiger charge is -2.13. The van der Waals surface area contributed by atoms with Gasteiger partial charge in [-0.15, -0.1) is 0 Å². The van der Waals surface area contributed by atoms with E-state index < -0.39 is 83.4 Å². The fourth-order valence-electron chi connectivity index (χ4n) is 4.22. The van der Waals surface area contributed by atoms with E-state index in [1.165, 1.54) is 32.2 Å². The second kappa shape index (κ2) is 15.1. The SMILES string of the molecule is C=C(c1cc(OC)c(N/N=c2/c(C(=O)O)cc(=O)/c(=N\Nc3cc(C)c(S(=O)(=O)CCOS(=O)(=O)O)cc3CO)c2=O)cc1C)S(=O)O. The molecule has 0 saturated heterocycles. The summed E-state index contributed by atoms with van der Waals surface area (Å²) in [5, 5.41) is 25.7. The summed E-state index contributed by atoms with van der Waals surface area (Å²) in [5.74, 6) is -2.44. The summed E-state index contributed by atoms with van der Waals surface area (Å²) in [4.78, 5) is 37.6. The molecule has 0 bridgehead atoms. The van der Waals surface area contributed by atoms with Crippen LogP contribution in [0.3, 0.4) is 0 Å². The summed E-state index contributed by atoms with van der Waals surface area (Å²) in [6.45, 7) is 4.84. The Labute approximate surface area is 274 Å². The first-order valence-corrected chi connectivity index (χ1v) is 17.2. The maximum atomic E-state index is 13.3. The topological polar surface area (TPSA) is 285 Å². The molecule has 258 valence electrons. The first-order chi connectivity index (χ1) is 22.3. The average Bonchev–Trinajstić information content (AvgIpc) is 2.98. The van der Waals surface area contributed by atoms with Crippen molar-refractivity contribution >= 4 is 53.6 Å². The van der Waals surface area contributed by atoms with Gasteiger partial charge in [-0.1, -0.05) is 6.58 Å². The number of methoxy groups -OCH3 is 1. The molecule has 3 rings (SSSR count). The number of hydrogen-bond donors (Lipinski definition) is 6. The summed E-state index contributed by atoms with van der Waals surface area (Å²) in [7, 11) is -7.80. The monoisotopic (exact) mass is 728 g/mol. The minimum Gasteiger partial charge on any atom is -0.494 e. The van der Waals surface area contributed by atoms with Crippen LogP contribution in [-0.2, 0) is 42.1 Å². The number of aliphatic hydroxyl groups excluding tert-OH is 1. The van der Waals surface area contributed by atoms with Crippen LogP contribution < -0.4 is 37.2 Å². The molecule has 3 aromatic rings. The third-order valence-electron chi connectivity index (χ3n) is 6.55. The highest BCUT2D eigenvalue weighted by Crippen LogP contribution is 2.32. The van der Waals surface area contributed by atoms with Crippen molar-refractivity contribution in [2.45, 2.75) is 25.3 Å². The first-order valence-electron chi connectivity index (χ1n) is 13.1. The summed E-state index contributed by atoms with van der Waals surface area (Å²) >= 11 is -2.39. The Morgan fingerprint density at radius 2 is 1.56 bits per heavy atom. The standard InChI is InChI=1S/C27H28N4O14S3/c1-13-7-20(22(44-4)11-17(13)15(3)46(37)38)29-30-24-18(27(35)36)10-21(33)25(26(24)34)31-28-19-8-14(2)23(9-16(19)12-32)47(39,40)6-5-45-48(41,42)43/h7-11,28-29,32H,3,5-6,12H2,1-2,4H3,(H,35,36)(H,37,38)(H,41,42,43)/b30-24-,31-25+. The van der Waals surface area contributed by atoms with Crippen molar-refractivity contribution < 1.29 is 54.1 Å². The number of nitrogens with zero attached hydrogens (tertiary/aromatic N) is 2. The fourth-order valence-corrected chi connectivity index (χ4v) is 6.43. The van der Waals surface area contributed by atoms with Gasteiger partial charge in [0.15, 0.2) is 26.3 Å². The van der Waals surface area contributed by atoms with Crippen molar-refractivity contribution in [3.8, 4) is 5.75 Å². The molecule has 1 unspecified atom stereocenters. The van der Waals surface area contributed by atoms with Crippen LogP contribution in [-0.4, -0.2) is 65.8 Å². The molecule has 0 amide bonds. The number of anilines is 2. The highest BCUT2D eigenvalue weighted by atomic mass is 32.3. The lowest BCUT2D eigenvalue weighted by Crippen LogP contribution is -2.50. The van der Waals surface area contributed by atoms with Crippen LogP contribution in [0.4, 0.5) is 11.4 Å². The number of aryl methyl sites for hydroxylation is 2. The summed E-state index contributed by atoms with van der Waals surface area (Å²) in [5.41, 5.74) is 2.57. The number of sulfone groups is 1. The molecule has 0 saturated carbocycles. The van der Waals surface area contributed by atoms with E-state index in [2.05, 4.69) is 31.8 Å². The smallest absolute Gasteiger partial charge is 0.397 e. The number of nitrogens with one attached hydrogen (secondary N) is 2. The first kappa shape index (κ1) is 37.8. The van der Waals surface area contributed by atoms with Crippen LogP contribution >= 0.6 is 0 Å².